The number of alkyl halides is 3. The van der Waals surface area contributed by atoms with Gasteiger partial charge in [-0.3, -0.25) is 14.5 Å². The lowest BCUT2D eigenvalue weighted by molar-refractivity contribution is -0.139. The second-order valence-electron chi connectivity index (χ2n) is 10.2. The number of aromatic nitrogens is 2. The summed E-state index contributed by atoms with van der Waals surface area (Å²) in [6.45, 7) is 8.73. The Morgan fingerprint density at radius 1 is 1.12 bits per heavy atom. The monoisotopic (exact) mass is 574 g/mol. The number of carbonyl (C=O) groups is 1. The van der Waals surface area contributed by atoms with Crippen molar-refractivity contribution in [3.05, 3.63) is 75.6 Å². The van der Waals surface area contributed by atoms with E-state index in [1.807, 2.05) is 25.1 Å². The molecule has 10 nitrogen and oxygen atoms in total. The van der Waals surface area contributed by atoms with E-state index >= 15 is 0 Å². The quantitative estimate of drug-likeness (QED) is 0.543. The SMILES string of the molecule is CCn1cc(C(=O)NC2=CNC(C)(N3CCOCC3)C(c3ccnc(N4CCOCC4)c3)=C2)cc(C(F)(F)F)c1=O. The average molecular weight is 575 g/mol. The maximum Gasteiger partial charge on any atom is 0.421 e. The smallest absolute Gasteiger partial charge is 0.379 e. The van der Waals surface area contributed by atoms with Crippen molar-refractivity contribution < 1.29 is 27.4 Å². The van der Waals surface area contributed by atoms with E-state index < -0.39 is 28.9 Å². The molecule has 3 aliphatic rings. The summed E-state index contributed by atoms with van der Waals surface area (Å²) in [5.74, 6) is 0.0396. The van der Waals surface area contributed by atoms with E-state index in [9.17, 15) is 22.8 Å². The number of aryl methyl sites for hydroxylation is 1. The maximum atomic E-state index is 13.5. The normalized spacial score (nSPS) is 22.0. The van der Waals surface area contributed by atoms with Gasteiger partial charge in [-0.25, -0.2) is 4.98 Å². The molecule has 2 saturated heterocycles. The van der Waals surface area contributed by atoms with E-state index in [1.54, 1.807) is 12.4 Å². The summed E-state index contributed by atoms with van der Waals surface area (Å²) in [5, 5.41) is 6.14. The van der Waals surface area contributed by atoms with E-state index in [2.05, 4.69) is 25.4 Å². The minimum absolute atomic E-state index is 0.0112. The first-order valence-corrected chi connectivity index (χ1v) is 13.5. The Kier molecular flexibility index (Phi) is 8.20. The Bertz CT molecular complexity index is 1410. The Hall–Kier alpha value is -3.68. The van der Waals surface area contributed by atoms with Crippen LogP contribution in [0.1, 0.15) is 35.3 Å². The van der Waals surface area contributed by atoms with Gasteiger partial charge in [-0.05, 0) is 43.7 Å². The maximum absolute atomic E-state index is 13.5. The number of hydrogen-bond donors (Lipinski definition) is 2. The number of pyridine rings is 2. The molecular formula is C28H33F3N6O4. The van der Waals surface area contributed by atoms with Gasteiger partial charge in [0, 0.05) is 56.9 Å². The third-order valence-corrected chi connectivity index (χ3v) is 7.62. The zero-order valence-corrected chi connectivity index (χ0v) is 23.0. The van der Waals surface area contributed by atoms with Crippen LogP contribution in [0.5, 0.6) is 0 Å². The number of ether oxygens (including phenoxy) is 2. The molecule has 2 aromatic rings. The first kappa shape index (κ1) is 28.8. The number of morpholine rings is 2. The summed E-state index contributed by atoms with van der Waals surface area (Å²) >= 11 is 0. The number of amides is 1. The lowest BCUT2D eigenvalue weighted by atomic mass is 9.89. The first-order chi connectivity index (χ1) is 19.6. The minimum atomic E-state index is -4.89. The van der Waals surface area contributed by atoms with Crippen molar-refractivity contribution in [2.24, 2.45) is 0 Å². The van der Waals surface area contributed by atoms with Gasteiger partial charge in [0.25, 0.3) is 11.5 Å². The summed E-state index contributed by atoms with van der Waals surface area (Å²) in [4.78, 5) is 34.4. The van der Waals surface area contributed by atoms with E-state index in [0.717, 1.165) is 40.8 Å². The second kappa shape index (κ2) is 11.7. The summed E-state index contributed by atoms with van der Waals surface area (Å²) in [5.41, 5.74) is -1.41. The second-order valence-corrected chi connectivity index (χ2v) is 10.2. The van der Waals surface area contributed by atoms with Crippen LogP contribution in [-0.2, 0) is 22.2 Å². The fourth-order valence-corrected chi connectivity index (χ4v) is 5.29. The third kappa shape index (κ3) is 6.02. The molecule has 5 heterocycles. The molecule has 1 atom stereocenters. The van der Waals surface area contributed by atoms with Crippen LogP contribution in [0.4, 0.5) is 19.0 Å². The zero-order chi connectivity index (χ0) is 29.2. The van der Waals surface area contributed by atoms with E-state index in [1.165, 1.54) is 6.92 Å². The summed E-state index contributed by atoms with van der Waals surface area (Å²) < 4.78 is 52.5. The van der Waals surface area contributed by atoms with Crippen LogP contribution in [0.25, 0.3) is 5.57 Å². The number of anilines is 1. The summed E-state index contributed by atoms with van der Waals surface area (Å²) in [6, 6.07) is 4.49. The van der Waals surface area contributed by atoms with Gasteiger partial charge in [-0.1, -0.05) is 0 Å². The lowest BCUT2D eigenvalue weighted by Crippen LogP contribution is -2.60. The van der Waals surface area contributed by atoms with Crippen LogP contribution >= 0.6 is 0 Å². The predicted octanol–water partition coefficient (Wildman–Crippen LogP) is 2.43. The van der Waals surface area contributed by atoms with Gasteiger partial charge < -0.3 is 29.6 Å². The number of dihydropyridines is 1. The molecular weight excluding hydrogens is 541 g/mol. The van der Waals surface area contributed by atoms with Crippen LogP contribution in [0.15, 0.2) is 53.4 Å². The Morgan fingerprint density at radius 3 is 2.46 bits per heavy atom. The number of rotatable bonds is 6. The number of halogens is 3. The molecule has 0 aliphatic carbocycles. The van der Waals surface area contributed by atoms with Gasteiger partial charge in [0.15, 0.2) is 0 Å². The predicted molar refractivity (Wildman–Crippen MR) is 146 cm³/mol. The van der Waals surface area contributed by atoms with Gasteiger partial charge in [0.2, 0.25) is 0 Å². The Labute approximate surface area is 235 Å². The van der Waals surface area contributed by atoms with Crippen LogP contribution < -0.4 is 21.1 Å². The standard InChI is InChI=1S/C28H33F3N6O4/c1-3-35-18-20(14-23(26(35)39)28(29,30)31)25(38)34-21-16-22(27(2,33-17-21)37-8-12-41-13-9-37)19-4-5-32-24(15-19)36-6-10-40-11-7-36/h4-5,14-18,33H,3,6-13H2,1-2H3,(H,34,38). The molecule has 0 spiro atoms. The summed E-state index contributed by atoms with van der Waals surface area (Å²) in [6.07, 6.45) is 1.46. The molecule has 1 amide bonds. The summed E-state index contributed by atoms with van der Waals surface area (Å²) in [7, 11) is 0. The Balaban J connectivity index is 1.49. The van der Waals surface area contributed by atoms with Gasteiger partial charge >= 0.3 is 6.18 Å². The molecule has 13 heteroatoms. The number of carbonyl (C=O) groups excluding carboxylic acids is 1. The molecule has 220 valence electrons. The molecule has 3 aliphatic heterocycles. The molecule has 2 aromatic heterocycles. The highest BCUT2D eigenvalue weighted by Crippen LogP contribution is 2.36. The average Bonchev–Trinajstić information content (AvgIpc) is 2.98. The number of nitrogens with one attached hydrogen (secondary N) is 2. The van der Waals surface area contributed by atoms with Crippen molar-refractivity contribution in [1.29, 1.82) is 0 Å². The van der Waals surface area contributed by atoms with Gasteiger partial charge in [0.05, 0.1) is 37.7 Å². The van der Waals surface area contributed by atoms with Crippen molar-refractivity contribution in [2.45, 2.75) is 32.2 Å². The molecule has 0 radical (unpaired) electrons. The lowest BCUT2D eigenvalue weighted by Gasteiger charge is -2.46. The highest BCUT2D eigenvalue weighted by atomic mass is 19.4. The number of nitrogens with zero attached hydrogens (tertiary/aromatic N) is 4. The largest absolute Gasteiger partial charge is 0.421 e. The number of hydrogen-bond acceptors (Lipinski definition) is 8. The Morgan fingerprint density at radius 2 is 1.80 bits per heavy atom. The van der Waals surface area contributed by atoms with Crippen LogP contribution in [-0.4, -0.2) is 78.6 Å². The molecule has 5 rings (SSSR count). The molecule has 0 bridgehead atoms. The van der Waals surface area contributed by atoms with Crippen molar-refractivity contribution in [3.63, 3.8) is 0 Å². The number of allylic oxidation sites excluding steroid dienone is 1. The zero-order valence-electron chi connectivity index (χ0n) is 23.0. The molecule has 2 N–H and O–H groups in total. The molecule has 1 unspecified atom stereocenters. The molecule has 0 saturated carbocycles. The van der Waals surface area contributed by atoms with Crippen molar-refractivity contribution in [1.82, 2.24) is 25.1 Å². The van der Waals surface area contributed by atoms with Crippen molar-refractivity contribution in [3.8, 4) is 0 Å². The minimum Gasteiger partial charge on any atom is -0.379 e. The van der Waals surface area contributed by atoms with Crippen molar-refractivity contribution >= 4 is 17.3 Å². The van der Waals surface area contributed by atoms with Crippen LogP contribution in [0.2, 0.25) is 0 Å². The molecule has 2 fully saturated rings. The molecule has 41 heavy (non-hydrogen) atoms. The topological polar surface area (TPSA) is 101 Å². The fraction of sp³-hybridized carbons (Fsp3) is 0.464. The van der Waals surface area contributed by atoms with Crippen molar-refractivity contribution in [2.75, 3.05) is 57.5 Å². The van der Waals surface area contributed by atoms with Gasteiger partial charge in [-0.2, -0.15) is 13.2 Å². The van der Waals surface area contributed by atoms with E-state index in [-0.39, 0.29) is 12.1 Å². The van der Waals surface area contributed by atoms with Crippen LogP contribution in [0, 0.1) is 0 Å². The van der Waals surface area contributed by atoms with Crippen LogP contribution in [0.3, 0.4) is 0 Å². The highest BCUT2D eigenvalue weighted by molar-refractivity contribution is 5.96. The van der Waals surface area contributed by atoms with Gasteiger partial charge in [-0.15, -0.1) is 0 Å². The van der Waals surface area contributed by atoms with E-state index in [4.69, 9.17) is 9.47 Å². The van der Waals surface area contributed by atoms with E-state index in [0.29, 0.717) is 51.3 Å². The third-order valence-electron chi connectivity index (χ3n) is 7.62. The van der Waals surface area contributed by atoms with Gasteiger partial charge in [0.1, 0.15) is 17.0 Å². The molecule has 0 aromatic carbocycles. The highest BCUT2D eigenvalue weighted by Gasteiger charge is 2.39. The first-order valence-electron chi connectivity index (χ1n) is 13.5. The fourth-order valence-electron chi connectivity index (χ4n) is 5.29.